The standard InChI is InChI=1S/C15H16O2S/c1-2-12-5-7-13(8-6-12)15(16)11-17-10-14-4-3-9-18-14/h3-9H,2,10-11H2,1H3. The van der Waals surface area contributed by atoms with E-state index in [4.69, 9.17) is 4.74 Å². The van der Waals surface area contributed by atoms with Gasteiger partial charge in [-0.05, 0) is 23.4 Å². The van der Waals surface area contributed by atoms with Crippen molar-refractivity contribution in [2.45, 2.75) is 20.0 Å². The fourth-order valence-electron chi connectivity index (χ4n) is 1.65. The van der Waals surface area contributed by atoms with Gasteiger partial charge < -0.3 is 4.74 Å². The number of hydrogen-bond donors (Lipinski definition) is 0. The molecule has 0 unspecified atom stereocenters. The van der Waals surface area contributed by atoms with E-state index in [0.717, 1.165) is 16.9 Å². The maximum absolute atomic E-state index is 11.9. The third-order valence-corrected chi connectivity index (χ3v) is 3.59. The molecule has 1 aromatic carbocycles. The second kappa shape index (κ2) is 6.47. The van der Waals surface area contributed by atoms with Crippen LogP contribution in [-0.2, 0) is 17.8 Å². The number of ketones is 1. The Hall–Kier alpha value is -1.45. The molecule has 0 saturated carbocycles. The SMILES string of the molecule is CCc1ccc(C(=O)COCc2cccs2)cc1. The van der Waals surface area contributed by atoms with E-state index in [9.17, 15) is 4.79 Å². The lowest BCUT2D eigenvalue weighted by atomic mass is 10.1. The molecule has 1 aromatic heterocycles. The first kappa shape index (κ1) is 13.0. The van der Waals surface area contributed by atoms with Gasteiger partial charge in [-0.15, -0.1) is 11.3 Å². The summed E-state index contributed by atoms with van der Waals surface area (Å²) >= 11 is 1.64. The van der Waals surface area contributed by atoms with Gasteiger partial charge in [0.05, 0.1) is 6.61 Å². The van der Waals surface area contributed by atoms with E-state index >= 15 is 0 Å². The Kier molecular flexibility index (Phi) is 4.67. The molecule has 0 fully saturated rings. The van der Waals surface area contributed by atoms with Gasteiger partial charge in [0.15, 0.2) is 5.78 Å². The van der Waals surface area contributed by atoms with Gasteiger partial charge in [0.1, 0.15) is 6.61 Å². The van der Waals surface area contributed by atoms with Crippen molar-refractivity contribution in [1.82, 2.24) is 0 Å². The third kappa shape index (κ3) is 3.52. The lowest BCUT2D eigenvalue weighted by Crippen LogP contribution is -2.08. The van der Waals surface area contributed by atoms with Crippen LogP contribution in [0.15, 0.2) is 41.8 Å². The maximum atomic E-state index is 11.9. The van der Waals surface area contributed by atoms with E-state index < -0.39 is 0 Å². The average Bonchev–Trinajstić information content (AvgIpc) is 2.92. The molecule has 2 rings (SSSR count). The molecule has 0 aliphatic rings. The largest absolute Gasteiger partial charge is 0.368 e. The number of rotatable bonds is 6. The van der Waals surface area contributed by atoms with Gasteiger partial charge in [0.25, 0.3) is 0 Å². The number of ether oxygens (including phenoxy) is 1. The zero-order valence-electron chi connectivity index (χ0n) is 10.4. The van der Waals surface area contributed by atoms with E-state index in [-0.39, 0.29) is 12.4 Å². The summed E-state index contributed by atoms with van der Waals surface area (Å²) in [4.78, 5) is 13.0. The van der Waals surface area contributed by atoms with Gasteiger partial charge in [-0.2, -0.15) is 0 Å². The normalized spacial score (nSPS) is 10.5. The molecule has 0 saturated heterocycles. The Labute approximate surface area is 111 Å². The van der Waals surface area contributed by atoms with Crippen molar-refractivity contribution in [2.24, 2.45) is 0 Å². The number of carbonyl (C=O) groups excluding carboxylic acids is 1. The number of hydrogen-bond acceptors (Lipinski definition) is 3. The molecule has 0 radical (unpaired) electrons. The molecule has 18 heavy (non-hydrogen) atoms. The average molecular weight is 260 g/mol. The third-order valence-electron chi connectivity index (χ3n) is 2.74. The van der Waals surface area contributed by atoms with Crippen LogP contribution in [0.3, 0.4) is 0 Å². The summed E-state index contributed by atoms with van der Waals surface area (Å²) in [7, 11) is 0. The summed E-state index contributed by atoms with van der Waals surface area (Å²) in [5.41, 5.74) is 1.96. The van der Waals surface area contributed by atoms with Crippen molar-refractivity contribution >= 4 is 17.1 Å². The van der Waals surface area contributed by atoms with Crippen LogP contribution in [0.25, 0.3) is 0 Å². The quantitative estimate of drug-likeness (QED) is 0.740. The monoisotopic (exact) mass is 260 g/mol. The molecule has 0 aliphatic carbocycles. The number of thiophene rings is 1. The van der Waals surface area contributed by atoms with Crippen molar-refractivity contribution in [3.8, 4) is 0 Å². The minimum Gasteiger partial charge on any atom is -0.368 e. The van der Waals surface area contributed by atoms with E-state index in [2.05, 4.69) is 6.92 Å². The summed E-state index contributed by atoms with van der Waals surface area (Å²) in [5, 5.41) is 2.00. The summed E-state index contributed by atoms with van der Waals surface area (Å²) < 4.78 is 5.41. The molecule has 0 atom stereocenters. The molecule has 0 spiro atoms. The predicted molar refractivity (Wildman–Crippen MR) is 74.1 cm³/mol. The molecule has 94 valence electrons. The summed E-state index contributed by atoms with van der Waals surface area (Å²) in [6.45, 7) is 2.75. The minimum atomic E-state index is 0.0363. The Morgan fingerprint density at radius 3 is 2.61 bits per heavy atom. The van der Waals surface area contributed by atoms with Gasteiger partial charge in [0.2, 0.25) is 0 Å². The van der Waals surface area contributed by atoms with Crippen LogP contribution in [0.5, 0.6) is 0 Å². The highest BCUT2D eigenvalue weighted by molar-refractivity contribution is 7.09. The van der Waals surface area contributed by atoms with Crippen molar-refractivity contribution in [3.63, 3.8) is 0 Å². The molecule has 0 bridgehead atoms. The Morgan fingerprint density at radius 1 is 1.22 bits per heavy atom. The van der Waals surface area contributed by atoms with Gasteiger partial charge in [-0.3, -0.25) is 4.79 Å². The van der Waals surface area contributed by atoms with Crippen LogP contribution in [0, 0.1) is 0 Å². The van der Waals surface area contributed by atoms with Gasteiger partial charge in [-0.1, -0.05) is 37.3 Å². The highest BCUT2D eigenvalue weighted by atomic mass is 32.1. The van der Waals surface area contributed by atoms with Crippen LogP contribution < -0.4 is 0 Å². The first-order chi connectivity index (χ1) is 8.79. The topological polar surface area (TPSA) is 26.3 Å². The van der Waals surface area contributed by atoms with E-state index in [1.165, 1.54) is 5.56 Å². The number of carbonyl (C=O) groups is 1. The number of Topliss-reactive ketones (excluding diaryl/α,β-unsaturated/α-hetero) is 1. The lowest BCUT2D eigenvalue weighted by Gasteiger charge is -2.03. The van der Waals surface area contributed by atoms with Gasteiger partial charge in [0, 0.05) is 10.4 Å². The first-order valence-corrected chi connectivity index (χ1v) is 6.90. The molecular formula is C15H16O2S. The van der Waals surface area contributed by atoms with Crippen molar-refractivity contribution in [3.05, 3.63) is 57.8 Å². The molecule has 2 aromatic rings. The van der Waals surface area contributed by atoms with E-state index in [1.54, 1.807) is 11.3 Å². The smallest absolute Gasteiger partial charge is 0.188 e. The van der Waals surface area contributed by atoms with Crippen molar-refractivity contribution in [2.75, 3.05) is 6.61 Å². The fraction of sp³-hybridized carbons (Fsp3) is 0.267. The second-order valence-electron chi connectivity index (χ2n) is 4.05. The van der Waals surface area contributed by atoms with E-state index in [1.807, 2.05) is 41.8 Å². The Morgan fingerprint density at radius 2 is 2.00 bits per heavy atom. The molecular weight excluding hydrogens is 244 g/mol. The van der Waals surface area contributed by atoms with Crippen LogP contribution in [0.4, 0.5) is 0 Å². The molecule has 2 nitrogen and oxygen atoms in total. The van der Waals surface area contributed by atoms with Gasteiger partial charge in [-0.25, -0.2) is 0 Å². The summed E-state index contributed by atoms with van der Waals surface area (Å²) in [5.74, 6) is 0.0363. The summed E-state index contributed by atoms with van der Waals surface area (Å²) in [6.07, 6.45) is 0.989. The van der Waals surface area contributed by atoms with Crippen molar-refractivity contribution < 1.29 is 9.53 Å². The zero-order valence-corrected chi connectivity index (χ0v) is 11.2. The maximum Gasteiger partial charge on any atom is 0.188 e. The molecule has 1 heterocycles. The zero-order chi connectivity index (χ0) is 12.8. The van der Waals surface area contributed by atoms with Crippen LogP contribution in [0.2, 0.25) is 0 Å². The number of benzene rings is 1. The highest BCUT2D eigenvalue weighted by Gasteiger charge is 2.06. The molecule has 0 N–H and O–H groups in total. The molecule has 0 amide bonds. The van der Waals surface area contributed by atoms with Crippen LogP contribution >= 0.6 is 11.3 Å². The Balaban J connectivity index is 1.83. The second-order valence-corrected chi connectivity index (χ2v) is 5.08. The lowest BCUT2D eigenvalue weighted by molar-refractivity contribution is 0.0731. The molecule has 0 aliphatic heterocycles. The minimum absolute atomic E-state index is 0.0363. The van der Waals surface area contributed by atoms with Crippen LogP contribution in [-0.4, -0.2) is 12.4 Å². The molecule has 3 heteroatoms. The van der Waals surface area contributed by atoms with E-state index in [0.29, 0.717) is 6.61 Å². The van der Waals surface area contributed by atoms with Crippen molar-refractivity contribution in [1.29, 1.82) is 0 Å². The fourth-order valence-corrected chi connectivity index (χ4v) is 2.29. The number of aryl methyl sites for hydroxylation is 1. The highest BCUT2D eigenvalue weighted by Crippen LogP contribution is 2.10. The summed E-state index contributed by atoms with van der Waals surface area (Å²) in [6, 6.07) is 11.7. The van der Waals surface area contributed by atoms with Crippen LogP contribution in [0.1, 0.15) is 27.7 Å². The van der Waals surface area contributed by atoms with Gasteiger partial charge >= 0.3 is 0 Å². The predicted octanol–water partition coefficient (Wildman–Crippen LogP) is 3.71. The Bertz CT molecular complexity index is 486. The first-order valence-electron chi connectivity index (χ1n) is 6.02.